The van der Waals surface area contributed by atoms with Crippen LogP contribution in [0, 0.1) is 0 Å². The van der Waals surface area contributed by atoms with Gasteiger partial charge in [0.2, 0.25) is 0 Å². The molecule has 0 aromatic carbocycles. The Labute approximate surface area is 131 Å². The number of unbranched alkanes of at least 4 members (excludes halogenated alkanes) is 4. The van der Waals surface area contributed by atoms with E-state index in [1.165, 1.54) is 19.3 Å². The van der Waals surface area contributed by atoms with Crippen LogP contribution in [0.2, 0.25) is 0 Å². The van der Waals surface area contributed by atoms with E-state index in [1.54, 1.807) is 0 Å². The zero-order chi connectivity index (χ0) is 9.40. The van der Waals surface area contributed by atoms with Crippen molar-refractivity contribution in [1.29, 1.82) is 0 Å². The first kappa shape index (κ1) is 17.0. The fraction of sp³-hybridized carbons (Fsp3) is 0.889. The molecule has 0 spiro atoms. The molecule has 0 rings (SSSR count). The standard InChI is InChI=1S/C9H17BrO2.K.H/c1-2-3-4-5-6-7-8(10)9(11)12;;/h8H,2-7H2,1H3,(H,11,12);;. The molecule has 0 aliphatic rings. The SMILES string of the molecule is CCCCCCCC(Br)C(=O)O.[KH]. The van der Waals surface area contributed by atoms with E-state index in [0.29, 0.717) is 0 Å². The van der Waals surface area contributed by atoms with Crippen molar-refractivity contribution in [3.05, 3.63) is 0 Å². The van der Waals surface area contributed by atoms with Crippen LogP contribution in [-0.2, 0) is 4.79 Å². The molecule has 0 saturated carbocycles. The van der Waals surface area contributed by atoms with Crippen molar-refractivity contribution in [2.75, 3.05) is 0 Å². The number of alkyl halides is 1. The summed E-state index contributed by atoms with van der Waals surface area (Å²) in [5.74, 6) is -0.745. The first-order valence-corrected chi connectivity index (χ1v) is 5.47. The third-order valence-electron chi connectivity index (χ3n) is 1.83. The maximum atomic E-state index is 10.4. The summed E-state index contributed by atoms with van der Waals surface area (Å²) in [6.45, 7) is 2.17. The van der Waals surface area contributed by atoms with Gasteiger partial charge in [-0.15, -0.1) is 0 Å². The van der Waals surface area contributed by atoms with Gasteiger partial charge in [-0.25, -0.2) is 0 Å². The molecule has 0 amide bonds. The zero-order valence-corrected chi connectivity index (χ0v) is 9.14. The van der Waals surface area contributed by atoms with Gasteiger partial charge in [-0.3, -0.25) is 4.79 Å². The molecular weight excluding hydrogens is 259 g/mol. The van der Waals surface area contributed by atoms with E-state index in [2.05, 4.69) is 22.9 Å². The second-order valence-corrected chi connectivity index (χ2v) is 4.11. The molecule has 74 valence electrons. The van der Waals surface area contributed by atoms with Crippen LogP contribution in [0.25, 0.3) is 0 Å². The Morgan fingerprint density at radius 1 is 1.31 bits per heavy atom. The molecule has 1 N–H and O–H groups in total. The van der Waals surface area contributed by atoms with Crippen molar-refractivity contribution >= 4 is 73.3 Å². The quantitative estimate of drug-likeness (QED) is 0.441. The van der Waals surface area contributed by atoms with Crippen LogP contribution < -0.4 is 0 Å². The Balaban J connectivity index is 0. The predicted octanol–water partition coefficient (Wildman–Crippen LogP) is 2.55. The van der Waals surface area contributed by atoms with Crippen LogP contribution in [0.1, 0.15) is 45.4 Å². The predicted molar refractivity (Wildman–Crippen MR) is 60.9 cm³/mol. The monoisotopic (exact) mass is 276 g/mol. The molecular formula is C9H18BrKO2. The molecule has 0 radical (unpaired) electrons. The summed E-state index contributed by atoms with van der Waals surface area (Å²) in [5, 5.41) is 8.54. The molecule has 1 unspecified atom stereocenters. The van der Waals surface area contributed by atoms with Gasteiger partial charge in [0.05, 0.1) is 0 Å². The summed E-state index contributed by atoms with van der Waals surface area (Å²) in [5.41, 5.74) is 0. The number of hydrogen-bond acceptors (Lipinski definition) is 1. The van der Waals surface area contributed by atoms with Gasteiger partial charge in [0.25, 0.3) is 0 Å². The van der Waals surface area contributed by atoms with Gasteiger partial charge in [0.1, 0.15) is 4.83 Å². The summed E-state index contributed by atoms with van der Waals surface area (Å²) < 4.78 is 0. The Bertz CT molecular complexity index is 131. The number of carboxylic acid groups (broad SMARTS) is 1. The summed E-state index contributed by atoms with van der Waals surface area (Å²) >= 11 is 3.11. The topological polar surface area (TPSA) is 37.3 Å². The van der Waals surface area contributed by atoms with E-state index < -0.39 is 5.97 Å². The van der Waals surface area contributed by atoms with Crippen molar-refractivity contribution in [2.24, 2.45) is 0 Å². The van der Waals surface area contributed by atoms with Gasteiger partial charge < -0.3 is 5.11 Å². The molecule has 2 nitrogen and oxygen atoms in total. The third kappa shape index (κ3) is 11.5. The zero-order valence-electron chi connectivity index (χ0n) is 7.55. The van der Waals surface area contributed by atoms with Gasteiger partial charge in [0.15, 0.2) is 0 Å². The fourth-order valence-electron chi connectivity index (χ4n) is 1.05. The van der Waals surface area contributed by atoms with E-state index in [-0.39, 0.29) is 56.2 Å². The molecule has 0 aromatic rings. The second kappa shape index (κ2) is 11.7. The fourth-order valence-corrected chi connectivity index (χ4v) is 1.37. The van der Waals surface area contributed by atoms with E-state index in [0.717, 1.165) is 19.3 Å². The number of carbonyl (C=O) groups is 1. The molecule has 0 aromatic heterocycles. The summed E-state index contributed by atoms with van der Waals surface area (Å²) in [4.78, 5) is 10.0. The Kier molecular flexibility index (Phi) is 15.2. The minimum atomic E-state index is -0.745. The van der Waals surface area contributed by atoms with Gasteiger partial charge >= 0.3 is 57.4 Å². The molecule has 0 fully saturated rings. The molecule has 0 aliphatic heterocycles. The van der Waals surface area contributed by atoms with Crippen LogP contribution in [0.15, 0.2) is 0 Å². The number of aliphatic carboxylic acids is 1. The molecule has 13 heavy (non-hydrogen) atoms. The molecule has 0 saturated heterocycles. The van der Waals surface area contributed by atoms with E-state index in [1.807, 2.05) is 0 Å². The van der Waals surface area contributed by atoms with E-state index >= 15 is 0 Å². The number of carboxylic acids is 1. The summed E-state index contributed by atoms with van der Waals surface area (Å²) in [7, 11) is 0. The van der Waals surface area contributed by atoms with Crippen molar-refractivity contribution < 1.29 is 9.90 Å². The molecule has 0 aliphatic carbocycles. The summed E-state index contributed by atoms with van der Waals surface area (Å²) in [6, 6.07) is 0. The second-order valence-electron chi connectivity index (χ2n) is 3.01. The van der Waals surface area contributed by atoms with Gasteiger partial charge in [-0.05, 0) is 6.42 Å². The minimum absolute atomic E-state index is 0. The molecule has 4 heteroatoms. The third-order valence-corrected chi connectivity index (χ3v) is 2.68. The number of rotatable bonds is 7. The van der Waals surface area contributed by atoms with E-state index in [9.17, 15) is 4.79 Å². The van der Waals surface area contributed by atoms with Crippen LogP contribution in [0.3, 0.4) is 0 Å². The molecule has 1 atom stereocenters. The number of halogens is 1. The number of hydrogen-bond donors (Lipinski definition) is 1. The van der Waals surface area contributed by atoms with Crippen LogP contribution in [-0.4, -0.2) is 67.3 Å². The first-order valence-electron chi connectivity index (χ1n) is 4.55. The van der Waals surface area contributed by atoms with Crippen molar-refractivity contribution in [3.63, 3.8) is 0 Å². The van der Waals surface area contributed by atoms with Crippen LogP contribution in [0.5, 0.6) is 0 Å². The molecule has 0 heterocycles. The normalized spacial score (nSPS) is 11.8. The van der Waals surface area contributed by atoms with Crippen LogP contribution >= 0.6 is 15.9 Å². The van der Waals surface area contributed by atoms with Gasteiger partial charge in [-0.1, -0.05) is 55.0 Å². The molecule has 0 bridgehead atoms. The average Bonchev–Trinajstić information content (AvgIpc) is 2.03. The Hall–Kier alpha value is 1.59. The van der Waals surface area contributed by atoms with Crippen molar-refractivity contribution in [3.8, 4) is 0 Å². The maximum absolute atomic E-state index is 10.4. The van der Waals surface area contributed by atoms with Gasteiger partial charge in [0, 0.05) is 0 Å². The average molecular weight is 277 g/mol. The Morgan fingerprint density at radius 2 is 1.85 bits per heavy atom. The first-order chi connectivity index (χ1) is 5.68. The van der Waals surface area contributed by atoms with Crippen molar-refractivity contribution in [2.45, 2.75) is 50.3 Å². The Morgan fingerprint density at radius 3 is 2.31 bits per heavy atom. The van der Waals surface area contributed by atoms with E-state index in [4.69, 9.17) is 5.11 Å². The van der Waals surface area contributed by atoms with Gasteiger partial charge in [-0.2, -0.15) is 0 Å². The van der Waals surface area contributed by atoms with Crippen LogP contribution in [0.4, 0.5) is 0 Å². The summed E-state index contributed by atoms with van der Waals surface area (Å²) in [6.07, 6.45) is 6.65. The van der Waals surface area contributed by atoms with Crippen molar-refractivity contribution in [1.82, 2.24) is 0 Å².